The molecular weight excluding hydrogens is 224 g/mol. The normalized spacial score (nSPS) is 11.7. The van der Waals surface area contributed by atoms with E-state index in [1.54, 1.807) is 6.33 Å². The molecule has 0 unspecified atom stereocenters. The first-order valence-electron chi connectivity index (χ1n) is 7.17. The molecule has 0 fully saturated rings. The molecule has 1 N–H and O–H groups in total. The van der Waals surface area contributed by atoms with Crippen molar-refractivity contribution in [1.82, 2.24) is 20.1 Å². The van der Waals surface area contributed by atoms with Gasteiger partial charge in [-0.15, -0.1) is 0 Å². The van der Waals surface area contributed by atoms with Crippen molar-refractivity contribution in [2.75, 3.05) is 6.54 Å². The molecule has 1 aromatic rings. The molecule has 0 aliphatic heterocycles. The first kappa shape index (κ1) is 15.2. The Labute approximate surface area is 111 Å². The highest BCUT2D eigenvalue weighted by atomic mass is 15.3. The first-order valence-corrected chi connectivity index (χ1v) is 7.17. The quantitative estimate of drug-likeness (QED) is 0.687. The molecule has 0 aliphatic carbocycles. The zero-order chi connectivity index (χ0) is 13.4. The fraction of sp³-hybridized carbons (Fsp3) is 0.857. The lowest BCUT2D eigenvalue weighted by Crippen LogP contribution is -2.20. The molecule has 4 heteroatoms. The third kappa shape index (κ3) is 6.15. The predicted molar refractivity (Wildman–Crippen MR) is 75.3 cm³/mol. The number of hydrogen-bond donors (Lipinski definition) is 1. The van der Waals surface area contributed by atoms with E-state index in [4.69, 9.17) is 0 Å². The van der Waals surface area contributed by atoms with E-state index < -0.39 is 0 Å². The minimum absolute atomic E-state index is 0.608. The number of nitrogens with one attached hydrogen (secondary N) is 1. The maximum Gasteiger partial charge on any atom is 0.140 e. The molecule has 0 atom stereocenters. The molecule has 1 aromatic heterocycles. The summed E-state index contributed by atoms with van der Waals surface area (Å²) in [4.78, 5) is 4.30. The Morgan fingerprint density at radius 2 is 1.94 bits per heavy atom. The van der Waals surface area contributed by atoms with Gasteiger partial charge in [0.05, 0.1) is 6.54 Å². The van der Waals surface area contributed by atoms with Crippen LogP contribution >= 0.6 is 0 Å². The van der Waals surface area contributed by atoms with Crippen LogP contribution < -0.4 is 5.32 Å². The molecular formula is C14H28N4. The van der Waals surface area contributed by atoms with Gasteiger partial charge in [-0.2, -0.15) is 5.10 Å². The van der Waals surface area contributed by atoms with Crippen molar-refractivity contribution in [2.45, 2.75) is 60.0 Å². The summed E-state index contributed by atoms with van der Waals surface area (Å²) in [5, 5.41) is 7.71. The van der Waals surface area contributed by atoms with E-state index >= 15 is 0 Å². The Balaban J connectivity index is 2.17. The van der Waals surface area contributed by atoms with Crippen molar-refractivity contribution < 1.29 is 0 Å². The van der Waals surface area contributed by atoms with Crippen LogP contribution in [0.5, 0.6) is 0 Å². The van der Waals surface area contributed by atoms with E-state index in [2.05, 4.69) is 43.1 Å². The van der Waals surface area contributed by atoms with Gasteiger partial charge in [-0.05, 0) is 24.8 Å². The van der Waals surface area contributed by atoms with Gasteiger partial charge in [0, 0.05) is 6.54 Å². The van der Waals surface area contributed by atoms with Gasteiger partial charge in [-0.1, -0.05) is 40.5 Å². The minimum Gasteiger partial charge on any atom is -0.310 e. The Hall–Kier alpha value is -0.900. The molecule has 0 aromatic carbocycles. The average Bonchev–Trinajstić information content (AvgIpc) is 2.69. The number of unbranched alkanes of at least 4 members (excludes halogenated alkanes) is 1. The maximum atomic E-state index is 4.30. The van der Waals surface area contributed by atoms with E-state index in [1.807, 2.05) is 4.68 Å². The van der Waals surface area contributed by atoms with Gasteiger partial charge in [0.15, 0.2) is 0 Å². The lowest BCUT2D eigenvalue weighted by molar-refractivity contribution is 0.454. The second-order valence-electron chi connectivity index (χ2n) is 5.82. The van der Waals surface area contributed by atoms with Crippen LogP contribution in [0, 0.1) is 11.8 Å². The van der Waals surface area contributed by atoms with E-state index in [0.29, 0.717) is 5.92 Å². The van der Waals surface area contributed by atoms with Gasteiger partial charge in [-0.25, -0.2) is 9.67 Å². The molecule has 18 heavy (non-hydrogen) atoms. The molecule has 4 nitrogen and oxygen atoms in total. The van der Waals surface area contributed by atoms with Crippen LogP contribution in [0.25, 0.3) is 0 Å². The van der Waals surface area contributed by atoms with Crippen molar-refractivity contribution in [3.8, 4) is 0 Å². The highest BCUT2D eigenvalue weighted by Crippen LogP contribution is 2.05. The average molecular weight is 252 g/mol. The van der Waals surface area contributed by atoms with Crippen molar-refractivity contribution in [2.24, 2.45) is 11.8 Å². The summed E-state index contributed by atoms with van der Waals surface area (Å²) >= 11 is 0. The van der Waals surface area contributed by atoms with Gasteiger partial charge in [-0.3, -0.25) is 0 Å². The van der Waals surface area contributed by atoms with Crippen LogP contribution in [0.2, 0.25) is 0 Å². The SMILES string of the molecule is CC(C)CCCCNCc1ncnn1CC(C)C. The fourth-order valence-electron chi connectivity index (χ4n) is 1.93. The molecule has 0 saturated heterocycles. The topological polar surface area (TPSA) is 42.7 Å². The summed E-state index contributed by atoms with van der Waals surface area (Å²) in [6, 6.07) is 0. The van der Waals surface area contributed by atoms with E-state index in [1.165, 1.54) is 19.3 Å². The van der Waals surface area contributed by atoms with Gasteiger partial charge in [0.2, 0.25) is 0 Å². The van der Waals surface area contributed by atoms with E-state index in [9.17, 15) is 0 Å². The summed E-state index contributed by atoms with van der Waals surface area (Å²) in [6.07, 6.45) is 5.53. The Morgan fingerprint density at radius 3 is 2.61 bits per heavy atom. The molecule has 0 aliphatic rings. The molecule has 0 spiro atoms. The van der Waals surface area contributed by atoms with Crippen molar-refractivity contribution in [1.29, 1.82) is 0 Å². The van der Waals surface area contributed by atoms with Crippen LogP contribution in [0.1, 0.15) is 52.8 Å². The number of hydrogen-bond acceptors (Lipinski definition) is 3. The smallest absolute Gasteiger partial charge is 0.140 e. The van der Waals surface area contributed by atoms with Crippen LogP contribution in [0.4, 0.5) is 0 Å². The molecule has 0 bridgehead atoms. The predicted octanol–water partition coefficient (Wildman–Crippen LogP) is 2.85. The molecule has 0 radical (unpaired) electrons. The molecule has 0 saturated carbocycles. The summed E-state index contributed by atoms with van der Waals surface area (Å²) in [6.45, 7) is 11.8. The lowest BCUT2D eigenvalue weighted by atomic mass is 10.1. The molecule has 1 rings (SSSR count). The van der Waals surface area contributed by atoms with E-state index in [-0.39, 0.29) is 0 Å². The van der Waals surface area contributed by atoms with Gasteiger partial charge in [0.1, 0.15) is 12.2 Å². The summed E-state index contributed by atoms with van der Waals surface area (Å²) in [5.74, 6) is 2.48. The summed E-state index contributed by atoms with van der Waals surface area (Å²) < 4.78 is 2.01. The van der Waals surface area contributed by atoms with Crippen molar-refractivity contribution >= 4 is 0 Å². The van der Waals surface area contributed by atoms with Crippen molar-refractivity contribution in [3.05, 3.63) is 12.2 Å². The second-order valence-corrected chi connectivity index (χ2v) is 5.82. The van der Waals surface area contributed by atoms with E-state index in [0.717, 1.165) is 31.4 Å². The highest BCUT2D eigenvalue weighted by Gasteiger charge is 2.05. The fourth-order valence-corrected chi connectivity index (χ4v) is 1.93. The van der Waals surface area contributed by atoms with Crippen LogP contribution in [-0.4, -0.2) is 21.3 Å². The van der Waals surface area contributed by atoms with Gasteiger partial charge in [0.25, 0.3) is 0 Å². The number of rotatable bonds is 9. The van der Waals surface area contributed by atoms with Crippen LogP contribution in [0.15, 0.2) is 6.33 Å². The number of nitrogens with zero attached hydrogens (tertiary/aromatic N) is 3. The third-order valence-electron chi connectivity index (χ3n) is 2.90. The lowest BCUT2D eigenvalue weighted by Gasteiger charge is -2.09. The maximum absolute atomic E-state index is 4.30. The standard InChI is InChI=1S/C14H28N4/c1-12(2)7-5-6-8-15-9-14-16-11-17-18(14)10-13(3)4/h11-13,15H,5-10H2,1-4H3. The van der Waals surface area contributed by atoms with Gasteiger partial charge >= 0.3 is 0 Å². The third-order valence-corrected chi connectivity index (χ3v) is 2.90. The van der Waals surface area contributed by atoms with Crippen LogP contribution in [-0.2, 0) is 13.1 Å². The highest BCUT2D eigenvalue weighted by molar-refractivity contribution is 4.83. The largest absolute Gasteiger partial charge is 0.310 e. The minimum atomic E-state index is 0.608. The van der Waals surface area contributed by atoms with Crippen molar-refractivity contribution in [3.63, 3.8) is 0 Å². The molecule has 0 amide bonds. The summed E-state index contributed by atoms with van der Waals surface area (Å²) in [5.41, 5.74) is 0. The Bertz CT molecular complexity index is 317. The molecule has 1 heterocycles. The number of aromatic nitrogens is 3. The Kier molecular flexibility index (Phi) is 6.94. The Morgan fingerprint density at radius 1 is 1.17 bits per heavy atom. The first-order chi connectivity index (χ1) is 8.59. The monoisotopic (exact) mass is 252 g/mol. The van der Waals surface area contributed by atoms with Gasteiger partial charge < -0.3 is 5.32 Å². The molecule has 104 valence electrons. The zero-order valence-electron chi connectivity index (χ0n) is 12.3. The second kappa shape index (κ2) is 8.25. The zero-order valence-corrected chi connectivity index (χ0v) is 12.3. The van der Waals surface area contributed by atoms with Crippen LogP contribution in [0.3, 0.4) is 0 Å². The summed E-state index contributed by atoms with van der Waals surface area (Å²) in [7, 11) is 0.